The molecule has 2 rings (SSSR count). The molecule has 5 nitrogen and oxygen atoms in total. The maximum absolute atomic E-state index is 12.0. The van der Waals surface area contributed by atoms with E-state index in [1.165, 1.54) is 29.5 Å². The maximum atomic E-state index is 12.0. The van der Waals surface area contributed by atoms with Gasteiger partial charge in [0.2, 0.25) is 0 Å². The van der Waals surface area contributed by atoms with Gasteiger partial charge in [-0.05, 0) is 23.8 Å². The molecule has 23 heavy (non-hydrogen) atoms. The average Bonchev–Trinajstić information content (AvgIpc) is 2.78. The first-order valence-corrected chi connectivity index (χ1v) is 7.79. The standard InChI is InChI=1S/C17H17NO4S/c1-17(2,3)13(19)9-14-18-15(20)12(23-14)8-10-4-6-11(7-5-10)16(21)22/h4-9H,1-3H3,(H,18,20)(H,21,22)/b12-8-,14-9-. The Kier molecular flexibility index (Phi) is 4.65. The molecule has 0 bridgehead atoms. The quantitative estimate of drug-likeness (QED) is 0.889. The van der Waals surface area contributed by atoms with Gasteiger partial charge in [-0.3, -0.25) is 9.59 Å². The van der Waals surface area contributed by atoms with Crippen LogP contribution < -0.4 is 14.8 Å². The predicted octanol–water partition coefficient (Wildman–Crippen LogP) is 1.36. The number of hydrogen-bond donors (Lipinski definition) is 2. The number of aromatic carboxylic acids is 1. The minimum atomic E-state index is -0.997. The molecule has 0 radical (unpaired) electrons. The molecular formula is C17H17NO4S. The van der Waals surface area contributed by atoms with Crippen LogP contribution in [0, 0.1) is 5.41 Å². The van der Waals surface area contributed by atoms with Crippen molar-refractivity contribution in [3.05, 3.63) is 54.9 Å². The molecule has 1 aromatic heterocycles. The SMILES string of the molecule is CC(C)(C)C(=O)/C=c1/[nH]c(=O)/c(=C/c2ccc(C(=O)O)cc2)s1. The molecule has 1 heterocycles. The number of H-pyrrole nitrogens is 1. The summed E-state index contributed by atoms with van der Waals surface area (Å²) < 4.78 is 0.962. The molecule has 0 unspecified atom stereocenters. The number of thiazole rings is 1. The molecule has 0 saturated heterocycles. The summed E-state index contributed by atoms with van der Waals surface area (Å²) in [7, 11) is 0. The zero-order valence-electron chi connectivity index (χ0n) is 13.0. The number of carboxylic acids is 1. The molecule has 0 amide bonds. The van der Waals surface area contributed by atoms with Crippen molar-refractivity contribution in [2.45, 2.75) is 20.8 Å². The smallest absolute Gasteiger partial charge is 0.335 e. The van der Waals surface area contributed by atoms with Crippen molar-refractivity contribution >= 4 is 35.2 Å². The van der Waals surface area contributed by atoms with Crippen LogP contribution in [0.25, 0.3) is 12.2 Å². The largest absolute Gasteiger partial charge is 0.478 e. The van der Waals surface area contributed by atoms with Crippen LogP contribution in [-0.2, 0) is 4.79 Å². The van der Waals surface area contributed by atoms with E-state index in [0.717, 1.165) is 5.56 Å². The van der Waals surface area contributed by atoms with Gasteiger partial charge in [0.25, 0.3) is 5.56 Å². The van der Waals surface area contributed by atoms with Gasteiger partial charge in [0.15, 0.2) is 5.78 Å². The van der Waals surface area contributed by atoms with Crippen LogP contribution >= 0.6 is 11.3 Å². The fraction of sp³-hybridized carbons (Fsp3) is 0.235. The molecule has 0 aliphatic heterocycles. The number of aromatic amines is 1. The summed E-state index contributed by atoms with van der Waals surface area (Å²) in [4.78, 5) is 37.4. The number of aromatic nitrogens is 1. The van der Waals surface area contributed by atoms with E-state index in [1.807, 2.05) is 20.8 Å². The summed E-state index contributed by atoms with van der Waals surface area (Å²) in [5, 5.41) is 8.86. The number of carbonyl (C=O) groups excluding carboxylic acids is 1. The fourth-order valence-corrected chi connectivity index (χ4v) is 2.62. The van der Waals surface area contributed by atoms with Gasteiger partial charge in [-0.1, -0.05) is 32.9 Å². The van der Waals surface area contributed by atoms with Crippen LogP contribution in [0.3, 0.4) is 0 Å². The number of carboxylic acid groups (broad SMARTS) is 1. The van der Waals surface area contributed by atoms with Crippen molar-refractivity contribution in [2.24, 2.45) is 5.41 Å². The minimum Gasteiger partial charge on any atom is -0.478 e. The number of ketones is 1. The van der Waals surface area contributed by atoms with Crippen LogP contribution in [0.15, 0.2) is 29.1 Å². The second kappa shape index (κ2) is 6.34. The zero-order chi connectivity index (χ0) is 17.2. The molecule has 0 spiro atoms. The molecular weight excluding hydrogens is 314 g/mol. The van der Waals surface area contributed by atoms with E-state index in [9.17, 15) is 14.4 Å². The summed E-state index contributed by atoms with van der Waals surface area (Å²) in [6.07, 6.45) is 3.10. The van der Waals surface area contributed by atoms with Gasteiger partial charge in [-0.2, -0.15) is 0 Å². The second-order valence-electron chi connectivity index (χ2n) is 6.11. The summed E-state index contributed by atoms with van der Waals surface area (Å²) in [6.45, 7) is 5.44. The van der Waals surface area contributed by atoms with E-state index in [0.29, 0.717) is 9.20 Å². The Balaban J connectivity index is 2.42. The first-order valence-electron chi connectivity index (χ1n) is 6.97. The van der Waals surface area contributed by atoms with Crippen LogP contribution in [0.1, 0.15) is 36.7 Å². The average molecular weight is 331 g/mol. The monoisotopic (exact) mass is 331 g/mol. The lowest BCUT2D eigenvalue weighted by molar-refractivity contribution is -0.119. The van der Waals surface area contributed by atoms with Crippen molar-refractivity contribution in [2.75, 3.05) is 0 Å². The summed E-state index contributed by atoms with van der Waals surface area (Å²) in [5.41, 5.74) is 0.130. The summed E-state index contributed by atoms with van der Waals surface area (Å²) >= 11 is 1.19. The van der Waals surface area contributed by atoms with Gasteiger partial charge in [0.1, 0.15) is 0 Å². The van der Waals surface area contributed by atoms with Crippen molar-refractivity contribution in [3.8, 4) is 0 Å². The normalized spacial score (nSPS) is 13.3. The molecule has 120 valence electrons. The highest BCUT2D eigenvalue weighted by Gasteiger charge is 2.18. The van der Waals surface area contributed by atoms with E-state index in [2.05, 4.69) is 4.98 Å². The number of rotatable bonds is 3. The predicted molar refractivity (Wildman–Crippen MR) is 90.1 cm³/mol. The fourth-order valence-electron chi connectivity index (χ4n) is 1.73. The summed E-state index contributed by atoms with van der Waals surface area (Å²) in [5.74, 6) is -1.06. The highest BCUT2D eigenvalue weighted by molar-refractivity contribution is 7.07. The third-order valence-corrected chi connectivity index (χ3v) is 4.10. The Morgan fingerprint density at radius 2 is 1.78 bits per heavy atom. The van der Waals surface area contributed by atoms with Crippen molar-refractivity contribution in [1.82, 2.24) is 4.98 Å². The zero-order valence-corrected chi connectivity index (χ0v) is 13.9. The van der Waals surface area contributed by atoms with Gasteiger partial charge in [0, 0.05) is 11.5 Å². The first-order chi connectivity index (χ1) is 10.7. The van der Waals surface area contributed by atoms with Gasteiger partial charge < -0.3 is 10.1 Å². The van der Waals surface area contributed by atoms with Crippen LogP contribution in [0.2, 0.25) is 0 Å². The Morgan fingerprint density at radius 3 is 2.30 bits per heavy atom. The van der Waals surface area contributed by atoms with E-state index >= 15 is 0 Å². The molecule has 6 heteroatoms. The first kappa shape index (κ1) is 16.9. The minimum absolute atomic E-state index is 0.0626. The molecule has 0 aliphatic carbocycles. The second-order valence-corrected chi connectivity index (χ2v) is 7.20. The molecule has 0 fully saturated rings. The summed E-state index contributed by atoms with van der Waals surface area (Å²) in [6, 6.07) is 6.22. The third kappa shape index (κ3) is 4.26. The van der Waals surface area contributed by atoms with E-state index in [-0.39, 0.29) is 16.9 Å². The van der Waals surface area contributed by atoms with E-state index in [1.54, 1.807) is 18.2 Å². The molecule has 2 aromatic rings. The van der Waals surface area contributed by atoms with Crippen molar-refractivity contribution in [1.29, 1.82) is 0 Å². The Labute approximate surface area is 136 Å². The molecule has 1 aromatic carbocycles. The van der Waals surface area contributed by atoms with Crippen LogP contribution in [-0.4, -0.2) is 21.8 Å². The van der Waals surface area contributed by atoms with Crippen LogP contribution in [0.5, 0.6) is 0 Å². The van der Waals surface area contributed by atoms with E-state index < -0.39 is 11.4 Å². The third-order valence-electron chi connectivity index (χ3n) is 3.14. The molecule has 0 saturated carbocycles. The number of hydrogen-bond acceptors (Lipinski definition) is 4. The van der Waals surface area contributed by atoms with Crippen LogP contribution in [0.4, 0.5) is 0 Å². The number of carbonyl (C=O) groups is 2. The van der Waals surface area contributed by atoms with Gasteiger partial charge >= 0.3 is 5.97 Å². The van der Waals surface area contributed by atoms with Gasteiger partial charge in [0.05, 0.1) is 14.8 Å². The Bertz CT molecular complexity index is 911. The van der Waals surface area contributed by atoms with Crippen molar-refractivity contribution < 1.29 is 14.7 Å². The molecule has 0 aliphatic rings. The highest BCUT2D eigenvalue weighted by Crippen LogP contribution is 2.14. The lowest BCUT2D eigenvalue weighted by Crippen LogP contribution is -2.22. The lowest BCUT2D eigenvalue weighted by Gasteiger charge is -2.12. The Morgan fingerprint density at radius 1 is 1.17 bits per heavy atom. The highest BCUT2D eigenvalue weighted by atomic mass is 32.1. The Hall–Kier alpha value is -2.47. The maximum Gasteiger partial charge on any atom is 0.335 e. The number of Topliss-reactive ketones (excluding diaryl/α,β-unsaturated/α-hetero) is 1. The molecule has 2 N–H and O–H groups in total. The molecule has 0 atom stereocenters. The van der Waals surface area contributed by atoms with Gasteiger partial charge in [-0.25, -0.2) is 4.79 Å². The topological polar surface area (TPSA) is 87.2 Å². The van der Waals surface area contributed by atoms with Crippen molar-refractivity contribution in [3.63, 3.8) is 0 Å². The lowest BCUT2D eigenvalue weighted by atomic mass is 9.91. The van der Waals surface area contributed by atoms with Gasteiger partial charge in [-0.15, -0.1) is 11.3 Å². The number of nitrogens with one attached hydrogen (secondary N) is 1. The number of benzene rings is 1. The van der Waals surface area contributed by atoms with E-state index in [4.69, 9.17) is 5.11 Å².